The van der Waals surface area contributed by atoms with E-state index in [1.807, 2.05) is 38.6 Å². The molecular weight excluding hydrogens is 254 g/mol. The molecule has 1 N–H and O–H groups in total. The second kappa shape index (κ2) is 5.07. The first-order chi connectivity index (χ1) is 9.32. The van der Waals surface area contributed by atoms with Crippen LogP contribution >= 0.6 is 0 Å². The molecule has 2 rings (SSSR count). The smallest absolute Gasteiger partial charge is 0.337 e. The first kappa shape index (κ1) is 14.2. The number of hydrogen-bond acceptors (Lipinski definition) is 3. The second-order valence-electron chi connectivity index (χ2n) is 5.73. The lowest BCUT2D eigenvalue weighted by molar-refractivity contribution is 0.0693. The summed E-state index contributed by atoms with van der Waals surface area (Å²) in [5, 5.41) is 13.5. The van der Waals surface area contributed by atoms with Crippen LogP contribution in [0.3, 0.4) is 0 Å². The Kier molecular flexibility index (Phi) is 3.61. The summed E-state index contributed by atoms with van der Waals surface area (Å²) in [6.07, 6.45) is 3.66. The monoisotopic (exact) mass is 273 g/mol. The van der Waals surface area contributed by atoms with Gasteiger partial charge in [0.15, 0.2) is 0 Å². The van der Waals surface area contributed by atoms with Crippen molar-refractivity contribution in [1.82, 2.24) is 14.8 Å². The number of carboxylic acid groups (broad SMARTS) is 1. The third-order valence-electron chi connectivity index (χ3n) is 3.09. The predicted octanol–water partition coefficient (Wildman–Crippen LogP) is 2.96. The van der Waals surface area contributed by atoms with Crippen LogP contribution in [0.4, 0.5) is 0 Å². The fraction of sp³-hybridized carbons (Fsp3) is 0.400. The van der Waals surface area contributed by atoms with E-state index < -0.39 is 5.97 Å². The maximum absolute atomic E-state index is 11.3. The molecule has 2 heterocycles. The van der Waals surface area contributed by atoms with E-state index in [-0.39, 0.29) is 11.0 Å². The lowest BCUT2D eigenvalue weighted by Crippen LogP contribution is -2.19. The standard InChI is InChI=1S/C15H19N3O2/c1-5-18-9-10(8-16-18)12-7-6-11(14(19)20)13(17-12)15(2,3)4/h6-9H,5H2,1-4H3,(H,19,20). The van der Waals surface area contributed by atoms with Crippen LogP contribution in [0.2, 0.25) is 0 Å². The van der Waals surface area contributed by atoms with Crippen LogP contribution in [0.25, 0.3) is 11.3 Å². The molecule has 0 atom stereocenters. The molecule has 0 saturated heterocycles. The summed E-state index contributed by atoms with van der Waals surface area (Å²) in [6, 6.07) is 3.35. The van der Waals surface area contributed by atoms with Gasteiger partial charge in [-0.15, -0.1) is 0 Å². The SMILES string of the molecule is CCn1cc(-c2ccc(C(=O)O)c(C(C)(C)C)n2)cn1. The molecule has 2 aromatic rings. The van der Waals surface area contributed by atoms with Crippen molar-refractivity contribution in [2.75, 3.05) is 0 Å². The fourth-order valence-electron chi connectivity index (χ4n) is 2.03. The third kappa shape index (κ3) is 2.71. The highest BCUT2D eigenvalue weighted by molar-refractivity contribution is 5.89. The summed E-state index contributed by atoms with van der Waals surface area (Å²) < 4.78 is 1.82. The number of aromatic nitrogens is 3. The maximum Gasteiger partial charge on any atom is 0.337 e. The van der Waals surface area contributed by atoms with Gasteiger partial charge in [0.1, 0.15) is 0 Å². The van der Waals surface area contributed by atoms with Crippen LogP contribution in [-0.2, 0) is 12.0 Å². The van der Waals surface area contributed by atoms with Gasteiger partial charge in [-0.3, -0.25) is 9.67 Å². The molecule has 20 heavy (non-hydrogen) atoms. The molecule has 0 spiro atoms. The minimum absolute atomic E-state index is 0.254. The van der Waals surface area contributed by atoms with Gasteiger partial charge in [0.05, 0.1) is 23.1 Å². The molecule has 0 unspecified atom stereocenters. The highest BCUT2D eigenvalue weighted by atomic mass is 16.4. The molecule has 0 bridgehead atoms. The molecule has 0 saturated carbocycles. The van der Waals surface area contributed by atoms with Crippen LogP contribution in [-0.4, -0.2) is 25.8 Å². The highest BCUT2D eigenvalue weighted by Gasteiger charge is 2.24. The van der Waals surface area contributed by atoms with E-state index in [9.17, 15) is 9.90 Å². The Bertz CT molecular complexity index is 639. The van der Waals surface area contributed by atoms with E-state index in [0.29, 0.717) is 5.69 Å². The van der Waals surface area contributed by atoms with Crippen LogP contribution in [0.15, 0.2) is 24.5 Å². The van der Waals surface area contributed by atoms with Gasteiger partial charge < -0.3 is 5.11 Å². The molecule has 0 radical (unpaired) electrons. The van der Waals surface area contributed by atoms with E-state index >= 15 is 0 Å². The Morgan fingerprint density at radius 3 is 2.55 bits per heavy atom. The number of pyridine rings is 1. The summed E-state index contributed by atoms with van der Waals surface area (Å²) in [7, 11) is 0. The second-order valence-corrected chi connectivity index (χ2v) is 5.73. The molecular formula is C15H19N3O2. The zero-order valence-electron chi connectivity index (χ0n) is 12.2. The third-order valence-corrected chi connectivity index (χ3v) is 3.09. The van der Waals surface area contributed by atoms with Gasteiger partial charge in [-0.25, -0.2) is 4.79 Å². The number of carbonyl (C=O) groups is 1. The molecule has 0 aliphatic carbocycles. The minimum Gasteiger partial charge on any atom is -0.478 e. The quantitative estimate of drug-likeness (QED) is 0.933. The fourth-order valence-corrected chi connectivity index (χ4v) is 2.03. The van der Waals surface area contributed by atoms with Gasteiger partial charge in [-0.2, -0.15) is 5.10 Å². The molecule has 106 valence electrons. The number of aryl methyl sites for hydroxylation is 1. The number of carboxylic acids is 1. The van der Waals surface area contributed by atoms with Gasteiger partial charge >= 0.3 is 5.97 Å². The lowest BCUT2D eigenvalue weighted by atomic mass is 9.88. The topological polar surface area (TPSA) is 68.0 Å². The van der Waals surface area contributed by atoms with Crippen molar-refractivity contribution in [3.63, 3.8) is 0 Å². The van der Waals surface area contributed by atoms with Crippen LogP contribution < -0.4 is 0 Å². The largest absolute Gasteiger partial charge is 0.478 e. The van der Waals surface area contributed by atoms with Gasteiger partial charge in [0.25, 0.3) is 0 Å². The summed E-state index contributed by atoms with van der Waals surface area (Å²) in [5.41, 5.74) is 2.16. The van der Waals surface area contributed by atoms with Crippen LogP contribution in [0.5, 0.6) is 0 Å². The molecule has 0 aliphatic rings. The van der Waals surface area contributed by atoms with Crippen molar-refractivity contribution in [1.29, 1.82) is 0 Å². The highest BCUT2D eigenvalue weighted by Crippen LogP contribution is 2.27. The predicted molar refractivity (Wildman–Crippen MR) is 76.8 cm³/mol. The van der Waals surface area contributed by atoms with Crippen molar-refractivity contribution >= 4 is 5.97 Å². The molecule has 5 heteroatoms. The summed E-state index contributed by atoms with van der Waals surface area (Å²) in [5.74, 6) is -0.946. The van der Waals surface area contributed by atoms with Gasteiger partial charge in [-0.05, 0) is 19.1 Å². The number of aromatic carboxylic acids is 1. The zero-order valence-corrected chi connectivity index (χ0v) is 12.2. The van der Waals surface area contributed by atoms with Crippen molar-refractivity contribution in [3.05, 3.63) is 35.8 Å². The Morgan fingerprint density at radius 2 is 2.05 bits per heavy atom. The van der Waals surface area contributed by atoms with Crippen LogP contribution in [0.1, 0.15) is 43.7 Å². The molecule has 5 nitrogen and oxygen atoms in total. The van der Waals surface area contributed by atoms with E-state index in [1.165, 1.54) is 0 Å². The minimum atomic E-state index is -0.946. The molecule has 2 aromatic heterocycles. The Balaban J connectivity index is 2.54. The normalized spacial score (nSPS) is 11.6. The summed E-state index contributed by atoms with van der Waals surface area (Å²) in [4.78, 5) is 15.9. The maximum atomic E-state index is 11.3. The van der Waals surface area contributed by atoms with Gasteiger partial charge in [-0.1, -0.05) is 20.8 Å². The van der Waals surface area contributed by atoms with Gasteiger partial charge in [0, 0.05) is 23.7 Å². The lowest BCUT2D eigenvalue weighted by Gasteiger charge is -2.20. The van der Waals surface area contributed by atoms with Gasteiger partial charge in [0.2, 0.25) is 0 Å². The summed E-state index contributed by atoms with van der Waals surface area (Å²) >= 11 is 0. The Morgan fingerprint density at radius 1 is 1.35 bits per heavy atom. The van der Waals surface area contributed by atoms with Crippen molar-refractivity contribution in [3.8, 4) is 11.3 Å². The van der Waals surface area contributed by atoms with E-state index in [2.05, 4.69) is 10.1 Å². The molecule has 0 aromatic carbocycles. The zero-order chi connectivity index (χ0) is 14.9. The average molecular weight is 273 g/mol. The van der Waals surface area contributed by atoms with Crippen LogP contribution in [0, 0.1) is 0 Å². The number of nitrogens with zero attached hydrogens (tertiary/aromatic N) is 3. The van der Waals surface area contributed by atoms with Crippen molar-refractivity contribution in [2.24, 2.45) is 0 Å². The first-order valence-corrected chi connectivity index (χ1v) is 6.60. The molecule has 0 fully saturated rings. The first-order valence-electron chi connectivity index (χ1n) is 6.60. The van der Waals surface area contributed by atoms with E-state index in [1.54, 1.807) is 18.3 Å². The Hall–Kier alpha value is -2.17. The number of hydrogen-bond donors (Lipinski definition) is 1. The van der Waals surface area contributed by atoms with Crippen molar-refractivity contribution in [2.45, 2.75) is 39.7 Å². The van der Waals surface area contributed by atoms with Crippen molar-refractivity contribution < 1.29 is 9.90 Å². The molecule has 0 amide bonds. The average Bonchev–Trinajstić information content (AvgIpc) is 2.85. The molecule has 0 aliphatic heterocycles. The van der Waals surface area contributed by atoms with E-state index in [0.717, 1.165) is 17.8 Å². The summed E-state index contributed by atoms with van der Waals surface area (Å²) in [6.45, 7) is 8.68. The number of rotatable bonds is 3. The van der Waals surface area contributed by atoms with E-state index in [4.69, 9.17) is 0 Å². The Labute approximate surface area is 118 Å².